The number of hydrogen-bond acceptors (Lipinski definition) is 6. The number of hydrogen-bond donors (Lipinski definition) is 0. The number of halogens is 1. The number of aromatic nitrogens is 1. The van der Waals surface area contributed by atoms with E-state index in [1.54, 1.807) is 0 Å². The third-order valence-corrected chi connectivity index (χ3v) is 5.99. The molecule has 0 saturated carbocycles. The number of ketones is 1. The Morgan fingerprint density at radius 1 is 1.21 bits per heavy atom. The highest BCUT2D eigenvalue weighted by Crippen LogP contribution is 2.23. The summed E-state index contributed by atoms with van der Waals surface area (Å²) in [5, 5.41) is 0. The van der Waals surface area contributed by atoms with Crippen LogP contribution in [0.2, 0.25) is 0 Å². The van der Waals surface area contributed by atoms with Gasteiger partial charge in [0.05, 0.1) is 29.6 Å². The van der Waals surface area contributed by atoms with Gasteiger partial charge in [0.1, 0.15) is 11.6 Å². The van der Waals surface area contributed by atoms with Gasteiger partial charge in [-0.25, -0.2) is 21.9 Å². The van der Waals surface area contributed by atoms with Gasteiger partial charge in [0.15, 0.2) is 11.4 Å². The van der Waals surface area contributed by atoms with Crippen molar-refractivity contribution in [1.29, 1.82) is 0 Å². The number of fused-ring (bicyclic) bond motifs is 1. The Morgan fingerprint density at radius 2 is 1.93 bits per heavy atom. The number of carbonyl (C=O) groups is 1. The monoisotopic (exact) mass is 408 g/mol. The lowest BCUT2D eigenvalue weighted by Crippen LogP contribution is -2.22. The predicted octanol–water partition coefficient (Wildman–Crippen LogP) is 1.88. The Morgan fingerprint density at radius 3 is 2.57 bits per heavy atom. The van der Waals surface area contributed by atoms with Gasteiger partial charge in [-0.2, -0.15) is 0 Å². The number of Topliss-reactive ketones (excluding diaryl/α,β-unsaturated/α-hetero) is 1. The highest BCUT2D eigenvalue weighted by Gasteiger charge is 2.21. The predicted molar refractivity (Wildman–Crippen MR) is 98.6 cm³/mol. The third kappa shape index (κ3) is 3.43. The number of carbonyl (C=O) groups excluding carboxylic acids is 1. The molecule has 2 aromatic carbocycles. The fourth-order valence-electron chi connectivity index (χ4n) is 2.69. The van der Waals surface area contributed by atoms with E-state index in [2.05, 4.69) is 0 Å². The molecule has 8 nitrogen and oxygen atoms in total. The van der Waals surface area contributed by atoms with Crippen molar-refractivity contribution in [2.24, 2.45) is 0 Å². The Bertz CT molecular complexity index is 1230. The van der Waals surface area contributed by atoms with Crippen LogP contribution in [0.1, 0.15) is 10.4 Å². The van der Waals surface area contributed by atoms with Gasteiger partial charge in [-0.05, 0) is 30.3 Å². The van der Waals surface area contributed by atoms with Crippen LogP contribution < -0.4 is 10.5 Å². The Hall–Kier alpha value is -2.98. The van der Waals surface area contributed by atoms with Crippen LogP contribution in [0, 0.1) is 5.82 Å². The van der Waals surface area contributed by atoms with E-state index in [0.717, 1.165) is 21.0 Å². The largest absolute Gasteiger partial charge is 0.496 e. The molecule has 28 heavy (non-hydrogen) atoms. The van der Waals surface area contributed by atoms with Gasteiger partial charge in [0, 0.05) is 20.2 Å². The molecule has 0 aliphatic rings. The summed E-state index contributed by atoms with van der Waals surface area (Å²) in [4.78, 5) is 24.8. The van der Waals surface area contributed by atoms with Crippen LogP contribution in [0.25, 0.3) is 11.1 Å². The Labute approximate surface area is 159 Å². The number of oxazole rings is 1. The molecule has 0 amide bonds. The summed E-state index contributed by atoms with van der Waals surface area (Å²) < 4.78 is 50.2. The summed E-state index contributed by atoms with van der Waals surface area (Å²) in [6.45, 7) is -0.425. The van der Waals surface area contributed by atoms with Crippen molar-refractivity contribution in [3.05, 3.63) is 58.3 Å². The molecule has 0 atom stereocenters. The zero-order chi connectivity index (χ0) is 20.6. The van der Waals surface area contributed by atoms with Gasteiger partial charge in [0.2, 0.25) is 10.0 Å². The van der Waals surface area contributed by atoms with Crippen molar-refractivity contribution < 1.29 is 26.8 Å². The lowest BCUT2D eigenvalue weighted by atomic mass is 10.1. The third-order valence-electron chi connectivity index (χ3n) is 4.18. The maximum atomic E-state index is 13.5. The average Bonchev–Trinajstić information content (AvgIpc) is 2.96. The zero-order valence-corrected chi connectivity index (χ0v) is 16.1. The molecule has 148 valence electrons. The summed E-state index contributed by atoms with van der Waals surface area (Å²) in [6.07, 6.45) is 0. The lowest BCUT2D eigenvalue weighted by molar-refractivity contribution is 0.0967. The minimum atomic E-state index is -3.71. The Balaban J connectivity index is 2.03. The second-order valence-electron chi connectivity index (χ2n) is 6.14. The van der Waals surface area contributed by atoms with Gasteiger partial charge in [-0.15, -0.1) is 0 Å². The van der Waals surface area contributed by atoms with E-state index in [4.69, 9.17) is 9.15 Å². The highest BCUT2D eigenvalue weighted by molar-refractivity contribution is 7.89. The van der Waals surface area contributed by atoms with Crippen LogP contribution in [0.3, 0.4) is 0 Å². The number of methoxy groups -OCH3 is 1. The van der Waals surface area contributed by atoms with Crippen molar-refractivity contribution >= 4 is 26.9 Å². The maximum absolute atomic E-state index is 13.5. The Kier molecular flexibility index (Phi) is 5.09. The van der Waals surface area contributed by atoms with E-state index in [1.807, 2.05) is 0 Å². The van der Waals surface area contributed by atoms with Crippen molar-refractivity contribution in [3.8, 4) is 5.75 Å². The molecule has 3 aromatic rings. The van der Waals surface area contributed by atoms with E-state index in [-0.39, 0.29) is 27.3 Å². The van der Waals surface area contributed by atoms with Crippen LogP contribution in [0.4, 0.5) is 4.39 Å². The van der Waals surface area contributed by atoms with Crippen LogP contribution in [0.5, 0.6) is 5.75 Å². The fraction of sp³-hybridized carbons (Fsp3) is 0.222. The first kappa shape index (κ1) is 19.8. The molecule has 0 unspecified atom stereocenters. The number of sulfonamides is 1. The lowest BCUT2D eigenvalue weighted by Gasteiger charge is -2.11. The highest BCUT2D eigenvalue weighted by atomic mass is 32.2. The number of rotatable bonds is 6. The number of benzene rings is 2. The van der Waals surface area contributed by atoms with Gasteiger partial charge >= 0.3 is 5.76 Å². The molecular formula is C18H17FN2O6S. The molecule has 1 aromatic heterocycles. The molecule has 0 fully saturated rings. The molecule has 0 spiro atoms. The normalized spacial score (nSPS) is 11.9. The second kappa shape index (κ2) is 7.21. The molecule has 0 saturated heterocycles. The quantitative estimate of drug-likeness (QED) is 0.578. The minimum absolute atomic E-state index is 0.0180. The zero-order valence-electron chi connectivity index (χ0n) is 15.3. The number of ether oxygens (including phenoxy) is 1. The van der Waals surface area contributed by atoms with Crippen molar-refractivity contribution in [2.75, 3.05) is 21.2 Å². The number of nitrogens with zero attached hydrogens (tertiary/aromatic N) is 2. The van der Waals surface area contributed by atoms with Crippen LogP contribution in [-0.4, -0.2) is 44.3 Å². The molecule has 3 rings (SSSR count). The molecule has 0 aliphatic heterocycles. The molecule has 0 radical (unpaired) electrons. The summed E-state index contributed by atoms with van der Waals surface area (Å²) in [7, 11) is 0.390. The molecule has 0 bridgehead atoms. The fourth-order valence-corrected chi connectivity index (χ4v) is 3.61. The molecule has 0 aliphatic carbocycles. The molecule has 10 heteroatoms. The molecular weight excluding hydrogens is 391 g/mol. The van der Waals surface area contributed by atoms with Crippen LogP contribution in [-0.2, 0) is 16.6 Å². The van der Waals surface area contributed by atoms with Crippen molar-refractivity contribution in [2.45, 2.75) is 11.4 Å². The van der Waals surface area contributed by atoms with E-state index in [9.17, 15) is 22.4 Å². The summed E-state index contributed by atoms with van der Waals surface area (Å²) >= 11 is 0. The first-order chi connectivity index (χ1) is 13.1. The van der Waals surface area contributed by atoms with E-state index >= 15 is 0 Å². The summed E-state index contributed by atoms with van der Waals surface area (Å²) in [6, 6.07) is 7.41. The van der Waals surface area contributed by atoms with Crippen molar-refractivity contribution in [3.63, 3.8) is 0 Å². The first-order valence-corrected chi connectivity index (χ1v) is 9.52. The first-order valence-electron chi connectivity index (χ1n) is 8.08. The van der Waals surface area contributed by atoms with Gasteiger partial charge in [-0.3, -0.25) is 9.36 Å². The van der Waals surface area contributed by atoms with Crippen LogP contribution in [0.15, 0.2) is 50.5 Å². The second-order valence-corrected chi connectivity index (χ2v) is 8.29. The molecule has 1 heterocycles. The smallest absolute Gasteiger partial charge is 0.420 e. The SMILES string of the molecule is COc1ccc(F)cc1C(=O)Cn1c(=O)oc2cc(S(=O)(=O)N(C)C)ccc21. The van der Waals surface area contributed by atoms with Gasteiger partial charge in [0.25, 0.3) is 0 Å². The summed E-state index contributed by atoms with van der Waals surface area (Å²) in [5.74, 6) is -1.84. The van der Waals surface area contributed by atoms with Crippen LogP contribution >= 0.6 is 0 Å². The molecule has 0 N–H and O–H groups in total. The average molecular weight is 408 g/mol. The van der Waals surface area contributed by atoms with Gasteiger partial charge in [-0.1, -0.05) is 0 Å². The van der Waals surface area contributed by atoms with E-state index < -0.39 is 33.9 Å². The van der Waals surface area contributed by atoms with Crippen molar-refractivity contribution in [1.82, 2.24) is 8.87 Å². The standard InChI is InChI=1S/C18H17FN2O6S/c1-20(2)28(24,25)12-5-6-14-17(9-12)27-18(23)21(14)10-15(22)13-8-11(19)4-7-16(13)26-3/h4-9H,10H2,1-3H3. The maximum Gasteiger partial charge on any atom is 0.420 e. The summed E-state index contributed by atoms with van der Waals surface area (Å²) in [5.41, 5.74) is 0.244. The van der Waals surface area contributed by atoms with E-state index in [0.29, 0.717) is 0 Å². The minimum Gasteiger partial charge on any atom is -0.496 e. The van der Waals surface area contributed by atoms with Gasteiger partial charge < -0.3 is 9.15 Å². The van der Waals surface area contributed by atoms with E-state index in [1.165, 1.54) is 45.5 Å². The topological polar surface area (TPSA) is 98.8 Å².